The molecule has 0 saturated carbocycles. The minimum absolute atomic E-state index is 0.248. The van der Waals surface area contributed by atoms with Gasteiger partial charge in [0.15, 0.2) is 0 Å². The summed E-state index contributed by atoms with van der Waals surface area (Å²) in [7, 11) is 0. The van der Waals surface area contributed by atoms with Gasteiger partial charge in [-0.1, -0.05) is 25.8 Å². The van der Waals surface area contributed by atoms with Crippen LogP contribution in [0.3, 0.4) is 0 Å². The highest BCUT2D eigenvalue weighted by molar-refractivity contribution is 5.66. The maximum absolute atomic E-state index is 6.21. The van der Waals surface area contributed by atoms with Crippen molar-refractivity contribution in [3.8, 4) is 11.5 Å². The Morgan fingerprint density at radius 3 is 2.72 bits per heavy atom. The molecule has 2 heterocycles. The lowest BCUT2D eigenvalue weighted by molar-refractivity contribution is 0.157. The molecule has 0 radical (unpaired) electrons. The van der Waals surface area contributed by atoms with Gasteiger partial charge in [0.25, 0.3) is 0 Å². The van der Waals surface area contributed by atoms with E-state index in [-0.39, 0.29) is 5.60 Å². The van der Waals surface area contributed by atoms with Gasteiger partial charge in [-0.2, -0.15) is 0 Å². The van der Waals surface area contributed by atoms with Crippen LogP contribution in [0.2, 0.25) is 0 Å². The Kier molecular flexibility index (Phi) is 6.06. The molecule has 0 atom stereocenters. The Labute approximate surface area is 153 Å². The zero-order valence-corrected chi connectivity index (χ0v) is 16.1. The fourth-order valence-electron chi connectivity index (χ4n) is 3.69. The third kappa shape index (κ3) is 5.01. The average Bonchev–Trinajstić information content (AvgIpc) is 3.07. The van der Waals surface area contributed by atoms with Crippen molar-refractivity contribution in [3.63, 3.8) is 0 Å². The molecule has 1 saturated heterocycles. The van der Waals surface area contributed by atoms with Crippen molar-refractivity contribution in [2.45, 2.75) is 64.9 Å². The number of likely N-dealkylation sites (tertiary alicyclic amines) is 1. The first-order valence-corrected chi connectivity index (χ1v) is 9.98. The van der Waals surface area contributed by atoms with E-state index in [2.05, 4.69) is 50.0 Å². The highest BCUT2D eigenvalue weighted by Gasteiger charge is 2.24. The number of rotatable bonds is 8. The van der Waals surface area contributed by atoms with E-state index in [0.717, 1.165) is 31.1 Å². The summed E-state index contributed by atoms with van der Waals surface area (Å²) in [4.78, 5) is 2.49. The van der Waals surface area contributed by atoms with Crippen LogP contribution in [-0.4, -0.2) is 36.7 Å². The standard InChI is InChI=1S/C22H33NO2/c1-4-5-6-9-18-16-19(24-15-14-23-12-7-8-13-23)17-21-20(18)10-11-22(2,3)25-21/h10-11,16-17H,4-9,12-15H2,1-3H3. The summed E-state index contributed by atoms with van der Waals surface area (Å²) < 4.78 is 12.3. The molecule has 138 valence electrons. The third-order valence-electron chi connectivity index (χ3n) is 5.15. The van der Waals surface area contributed by atoms with Crippen LogP contribution in [0.15, 0.2) is 18.2 Å². The molecule has 0 spiro atoms. The fourth-order valence-corrected chi connectivity index (χ4v) is 3.69. The number of unbranched alkanes of at least 4 members (excludes halogenated alkanes) is 2. The summed E-state index contributed by atoms with van der Waals surface area (Å²) in [5.41, 5.74) is 2.35. The molecule has 1 aromatic rings. The molecule has 0 amide bonds. The largest absolute Gasteiger partial charge is 0.492 e. The van der Waals surface area contributed by atoms with Gasteiger partial charge < -0.3 is 9.47 Å². The molecule has 3 rings (SSSR count). The lowest BCUT2D eigenvalue weighted by Gasteiger charge is -2.29. The summed E-state index contributed by atoms with van der Waals surface area (Å²) in [6, 6.07) is 4.30. The molecule has 0 aromatic heterocycles. The van der Waals surface area contributed by atoms with E-state index < -0.39 is 0 Å². The molecule has 0 N–H and O–H groups in total. The van der Waals surface area contributed by atoms with Crippen LogP contribution in [-0.2, 0) is 6.42 Å². The minimum atomic E-state index is -0.248. The number of benzene rings is 1. The lowest BCUT2D eigenvalue weighted by atomic mass is 9.95. The van der Waals surface area contributed by atoms with Crippen LogP contribution in [0, 0.1) is 0 Å². The number of aryl methyl sites for hydroxylation is 1. The SMILES string of the molecule is CCCCCc1cc(OCCN2CCCC2)cc2c1C=CC(C)(C)O2. The maximum atomic E-state index is 6.21. The van der Waals surface area contributed by atoms with E-state index in [1.807, 2.05) is 0 Å². The Morgan fingerprint density at radius 2 is 1.96 bits per heavy atom. The van der Waals surface area contributed by atoms with Crippen molar-refractivity contribution in [2.24, 2.45) is 0 Å². The molecule has 3 heteroatoms. The number of ether oxygens (including phenoxy) is 2. The van der Waals surface area contributed by atoms with E-state index in [4.69, 9.17) is 9.47 Å². The van der Waals surface area contributed by atoms with Crippen molar-refractivity contribution < 1.29 is 9.47 Å². The van der Waals surface area contributed by atoms with Crippen molar-refractivity contribution in [1.82, 2.24) is 4.90 Å². The molecule has 0 aliphatic carbocycles. The van der Waals surface area contributed by atoms with Crippen LogP contribution in [0.25, 0.3) is 6.08 Å². The van der Waals surface area contributed by atoms with Crippen LogP contribution < -0.4 is 9.47 Å². The summed E-state index contributed by atoms with van der Waals surface area (Å²) in [5, 5.41) is 0. The van der Waals surface area contributed by atoms with Crippen molar-refractivity contribution in [3.05, 3.63) is 29.3 Å². The van der Waals surface area contributed by atoms with Gasteiger partial charge in [0.1, 0.15) is 23.7 Å². The van der Waals surface area contributed by atoms with E-state index in [1.54, 1.807) is 0 Å². The van der Waals surface area contributed by atoms with Crippen molar-refractivity contribution in [1.29, 1.82) is 0 Å². The smallest absolute Gasteiger partial charge is 0.131 e. The van der Waals surface area contributed by atoms with E-state index in [9.17, 15) is 0 Å². The quantitative estimate of drug-likeness (QED) is 0.615. The molecular weight excluding hydrogens is 310 g/mol. The first kappa shape index (κ1) is 18.3. The highest BCUT2D eigenvalue weighted by Crippen LogP contribution is 2.37. The Morgan fingerprint density at radius 1 is 1.16 bits per heavy atom. The highest BCUT2D eigenvalue weighted by atomic mass is 16.5. The third-order valence-corrected chi connectivity index (χ3v) is 5.15. The summed E-state index contributed by atoms with van der Waals surface area (Å²) in [5.74, 6) is 1.92. The molecule has 25 heavy (non-hydrogen) atoms. The van der Waals surface area contributed by atoms with Gasteiger partial charge in [0.2, 0.25) is 0 Å². The molecule has 2 aliphatic rings. The van der Waals surface area contributed by atoms with E-state index in [1.165, 1.54) is 56.3 Å². The molecule has 0 unspecified atom stereocenters. The van der Waals surface area contributed by atoms with Crippen LogP contribution in [0.1, 0.15) is 64.0 Å². The predicted octanol–water partition coefficient (Wildman–Crippen LogP) is 5.08. The molecular formula is C22H33NO2. The minimum Gasteiger partial charge on any atom is -0.492 e. The fraction of sp³-hybridized carbons (Fsp3) is 0.636. The number of fused-ring (bicyclic) bond motifs is 1. The zero-order valence-electron chi connectivity index (χ0n) is 16.1. The first-order chi connectivity index (χ1) is 12.1. The molecule has 3 nitrogen and oxygen atoms in total. The van der Waals surface area contributed by atoms with Gasteiger partial charge in [-0.05, 0) is 70.3 Å². The van der Waals surface area contributed by atoms with E-state index in [0.29, 0.717) is 0 Å². The summed E-state index contributed by atoms with van der Waals surface area (Å²) >= 11 is 0. The number of nitrogens with zero attached hydrogens (tertiary/aromatic N) is 1. The first-order valence-electron chi connectivity index (χ1n) is 9.98. The number of hydrogen-bond acceptors (Lipinski definition) is 3. The zero-order chi connectivity index (χ0) is 17.7. The normalized spacial score (nSPS) is 18.8. The van der Waals surface area contributed by atoms with Crippen molar-refractivity contribution >= 4 is 6.08 Å². The Hall–Kier alpha value is -1.48. The summed E-state index contributed by atoms with van der Waals surface area (Å²) in [6.07, 6.45) is 11.9. The molecule has 1 aromatic carbocycles. The molecule has 2 aliphatic heterocycles. The Bertz CT molecular complexity index is 600. The summed E-state index contributed by atoms with van der Waals surface area (Å²) in [6.45, 7) is 10.7. The monoisotopic (exact) mass is 343 g/mol. The average molecular weight is 344 g/mol. The van der Waals surface area contributed by atoms with Crippen LogP contribution in [0.5, 0.6) is 11.5 Å². The topological polar surface area (TPSA) is 21.7 Å². The van der Waals surface area contributed by atoms with Gasteiger partial charge in [-0.3, -0.25) is 4.90 Å². The van der Waals surface area contributed by atoms with Gasteiger partial charge in [0.05, 0.1) is 0 Å². The van der Waals surface area contributed by atoms with Gasteiger partial charge in [-0.15, -0.1) is 0 Å². The second kappa shape index (κ2) is 8.27. The molecule has 1 fully saturated rings. The van der Waals surface area contributed by atoms with E-state index >= 15 is 0 Å². The number of hydrogen-bond donors (Lipinski definition) is 0. The van der Waals surface area contributed by atoms with Crippen LogP contribution in [0.4, 0.5) is 0 Å². The Balaban J connectivity index is 1.71. The van der Waals surface area contributed by atoms with Gasteiger partial charge in [0, 0.05) is 18.2 Å². The maximum Gasteiger partial charge on any atom is 0.131 e. The predicted molar refractivity (Wildman–Crippen MR) is 105 cm³/mol. The van der Waals surface area contributed by atoms with Crippen molar-refractivity contribution in [2.75, 3.05) is 26.2 Å². The molecule has 0 bridgehead atoms. The van der Waals surface area contributed by atoms with Gasteiger partial charge >= 0.3 is 0 Å². The second-order valence-electron chi connectivity index (χ2n) is 7.89. The lowest BCUT2D eigenvalue weighted by Crippen LogP contribution is -2.28. The van der Waals surface area contributed by atoms with Crippen LogP contribution >= 0.6 is 0 Å². The second-order valence-corrected chi connectivity index (χ2v) is 7.89. The van der Waals surface area contributed by atoms with Gasteiger partial charge in [-0.25, -0.2) is 0 Å².